The average molecular weight is 423 g/mol. The molecule has 0 spiro atoms. The fraction of sp³-hybridized carbons (Fsp3) is 0. The summed E-state index contributed by atoms with van der Waals surface area (Å²) in [6.45, 7) is 0. The number of nitrogens with zero attached hydrogens (tertiary/aromatic N) is 3. The van der Waals surface area contributed by atoms with Gasteiger partial charge in [-0.3, -0.25) is 0 Å². The molecule has 5 aromatic rings. The Labute approximate surface area is 180 Å². The number of rotatable bonds is 2. The minimum Gasteiger partial charge on any atom is -0.227 e. The molecule has 31 heavy (non-hydrogen) atoms. The van der Waals surface area contributed by atoms with Crippen LogP contribution in [-0.4, -0.2) is 17.4 Å². The second kappa shape index (κ2) is 6.55. The van der Waals surface area contributed by atoms with Gasteiger partial charge in [0, 0.05) is 5.56 Å². The van der Waals surface area contributed by atoms with Crippen molar-refractivity contribution in [1.82, 2.24) is 8.96 Å². The van der Waals surface area contributed by atoms with E-state index in [9.17, 15) is 8.42 Å². The molecule has 0 unspecified atom stereocenters. The zero-order chi connectivity index (χ0) is 21.0. The van der Waals surface area contributed by atoms with Gasteiger partial charge in [-0.15, -0.1) is 0 Å². The first-order valence-electron chi connectivity index (χ1n) is 9.93. The van der Waals surface area contributed by atoms with Gasteiger partial charge in [0.15, 0.2) is 5.82 Å². The Morgan fingerprint density at radius 1 is 0.677 bits per heavy atom. The largest absolute Gasteiger partial charge is 0.336 e. The van der Waals surface area contributed by atoms with Crippen molar-refractivity contribution in [3.8, 4) is 22.5 Å². The number of hydrogen-bond acceptors (Lipinski definition) is 3. The highest BCUT2D eigenvalue weighted by Gasteiger charge is 2.38. The van der Waals surface area contributed by atoms with Crippen molar-refractivity contribution in [1.29, 1.82) is 0 Å². The second-order valence-electron chi connectivity index (χ2n) is 7.39. The van der Waals surface area contributed by atoms with Gasteiger partial charge in [-0.2, -0.15) is 8.42 Å². The zero-order valence-electron chi connectivity index (χ0n) is 16.4. The Morgan fingerprint density at radius 2 is 1.35 bits per heavy atom. The van der Waals surface area contributed by atoms with Gasteiger partial charge in [0.25, 0.3) is 0 Å². The molecule has 1 aliphatic rings. The lowest BCUT2D eigenvalue weighted by atomic mass is 10.0. The van der Waals surface area contributed by atoms with E-state index in [1.54, 1.807) is 18.2 Å². The molecule has 4 aromatic carbocycles. The number of anilines is 2. The molecular formula is C25H17N3O2S. The van der Waals surface area contributed by atoms with Crippen LogP contribution in [0, 0.1) is 0 Å². The number of hydrogen-bond donors (Lipinski definition) is 0. The Morgan fingerprint density at radius 3 is 2.13 bits per heavy atom. The summed E-state index contributed by atoms with van der Waals surface area (Å²) in [6.07, 6.45) is 0. The molecule has 0 radical (unpaired) electrons. The maximum atomic E-state index is 13.8. The third kappa shape index (κ3) is 2.62. The average Bonchev–Trinajstić information content (AvgIpc) is 3.21. The summed E-state index contributed by atoms with van der Waals surface area (Å²) in [7, 11) is -3.92. The molecule has 0 saturated heterocycles. The van der Waals surface area contributed by atoms with Crippen LogP contribution in [0.2, 0.25) is 0 Å². The fourth-order valence-corrected chi connectivity index (χ4v) is 5.87. The predicted molar refractivity (Wildman–Crippen MR) is 124 cm³/mol. The summed E-state index contributed by atoms with van der Waals surface area (Å²) in [4.78, 5) is 4.71. The number of para-hydroxylation sites is 3. The van der Waals surface area contributed by atoms with Gasteiger partial charge in [0.2, 0.25) is 0 Å². The van der Waals surface area contributed by atoms with Crippen LogP contribution < -0.4 is 4.31 Å². The van der Waals surface area contributed by atoms with Crippen molar-refractivity contribution < 1.29 is 8.42 Å². The van der Waals surface area contributed by atoms with Crippen molar-refractivity contribution in [3.05, 3.63) is 103 Å². The van der Waals surface area contributed by atoms with Gasteiger partial charge in [-0.25, -0.2) is 13.3 Å². The number of imidazole rings is 1. The normalized spacial score (nSPS) is 14.3. The van der Waals surface area contributed by atoms with E-state index in [4.69, 9.17) is 4.98 Å². The minimum absolute atomic E-state index is 0.432. The van der Waals surface area contributed by atoms with Crippen LogP contribution >= 0.6 is 0 Å². The van der Waals surface area contributed by atoms with E-state index in [2.05, 4.69) is 0 Å². The SMILES string of the molecule is O=S1(=O)N(c2ccccc2)c2ccc(-c3ccccc3)cc2-c2nc3ccccc3n21. The van der Waals surface area contributed by atoms with Crippen LogP contribution in [0.15, 0.2) is 103 Å². The smallest absolute Gasteiger partial charge is 0.227 e. The molecule has 0 bridgehead atoms. The Hall–Kier alpha value is -3.90. The molecule has 6 rings (SSSR count). The van der Waals surface area contributed by atoms with Gasteiger partial charge in [-0.1, -0.05) is 66.7 Å². The quantitative estimate of drug-likeness (QED) is 0.371. The lowest BCUT2D eigenvalue weighted by molar-refractivity contribution is 0.588. The van der Waals surface area contributed by atoms with Gasteiger partial charge < -0.3 is 0 Å². The predicted octanol–water partition coefficient (Wildman–Crippen LogP) is 5.61. The third-order valence-electron chi connectivity index (χ3n) is 5.53. The summed E-state index contributed by atoms with van der Waals surface area (Å²) >= 11 is 0. The van der Waals surface area contributed by atoms with Gasteiger partial charge in [0.05, 0.1) is 22.4 Å². The summed E-state index contributed by atoms with van der Waals surface area (Å²) in [5.74, 6) is 0.432. The maximum Gasteiger partial charge on any atom is 0.336 e. The van der Waals surface area contributed by atoms with Crippen molar-refractivity contribution >= 4 is 32.6 Å². The molecule has 6 heteroatoms. The van der Waals surface area contributed by atoms with Gasteiger partial charge >= 0.3 is 10.2 Å². The summed E-state index contributed by atoms with van der Waals surface area (Å²) < 4.78 is 30.4. The lowest BCUT2D eigenvalue weighted by Gasteiger charge is -2.31. The molecular weight excluding hydrogens is 406 g/mol. The van der Waals surface area contributed by atoms with Crippen LogP contribution in [0.5, 0.6) is 0 Å². The van der Waals surface area contributed by atoms with Crippen LogP contribution in [0.25, 0.3) is 33.5 Å². The number of aromatic nitrogens is 2. The lowest BCUT2D eigenvalue weighted by Crippen LogP contribution is -2.35. The van der Waals surface area contributed by atoms with E-state index in [1.165, 1.54) is 8.28 Å². The van der Waals surface area contributed by atoms with Crippen LogP contribution in [-0.2, 0) is 10.2 Å². The first-order valence-corrected chi connectivity index (χ1v) is 11.3. The van der Waals surface area contributed by atoms with Gasteiger partial charge in [-0.05, 0) is 47.5 Å². The van der Waals surface area contributed by atoms with Crippen LogP contribution in [0.4, 0.5) is 11.4 Å². The zero-order valence-corrected chi connectivity index (χ0v) is 17.2. The monoisotopic (exact) mass is 423 g/mol. The molecule has 2 heterocycles. The van der Waals surface area contributed by atoms with E-state index in [1.807, 2.05) is 84.9 Å². The van der Waals surface area contributed by atoms with Crippen molar-refractivity contribution in [2.24, 2.45) is 0 Å². The molecule has 1 aromatic heterocycles. The van der Waals surface area contributed by atoms with Crippen LogP contribution in [0.1, 0.15) is 0 Å². The Bertz CT molecular complexity index is 1540. The van der Waals surface area contributed by atoms with Crippen molar-refractivity contribution in [3.63, 3.8) is 0 Å². The van der Waals surface area contributed by atoms with E-state index >= 15 is 0 Å². The van der Waals surface area contributed by atoms with Gasteiger partial charge in [0.1, 0.15) is 0 Å². The highest BCUT2D eigenvalue weighted by atomic mass is 32.2. The highest BCUT2D eigenvalue weighted by Crippen LogP contribution is 2.45. The van der Waals surface area contributed by atoms with Crippen LogP contribution in [0.3, 0.4) is 0 Å². The van der Waals surface area contributed by atoms with E-state index in [0.29, 0.717) is 28.2 Å². The van der Waals surface area contributed by atoms with E-state index < -0.39 is 10.2 Å². The number of fused-ring (bicyclic) bond motifs is 5. The topological polar surface area (TPSA) is 55.2 Å². The van der Waals surface area contributed by atoms with E-state index in [-0.39, 0.29) is 0 Å². The third-order valence-corrected chi connectivity index (χ3v) is 7.23. The van der Waals surface area contributed by atoms with E-state index in [0.717, 1.165) is 16.7 Å². The molecule has 1 aliphatic heterocycles. The standard InChI is InChI=1S/C25H17N3O2S/c29-31(30)27(20-11-5-2-6-12-20)23-16-15-19(18-9-3-1-4-10-18)17-21(23)25-26-22-13-7-8-14-24(22)28(25)31/h1-17H. The highest BCUT2D eigenvalue weighted by molar-refractivity contribution is 7.92. The van der Waals surface area contributed by atoms with Crippen molar-refractivity contribution in [2.45, 2.75) is 0 Å². The maximum absolute atomic E-state index is 13.8. The molecule has 150 valence electrons. The fourth-order valence-electron chi connectivity index (χ4n) is 4.15. The molecule has 0 N–H and O–H groups in total. The molecule has 0 fully saturated rings. The number of benzene rings is 4. The first-order chi connectivity index (χ1) is 15.1. The van der Waals surface area contributed by atoms with Crippen molar-refractivity contribution in [2.75, 3.05) is 4.31 Å². The molecule has 0 aliphatic carbocycles. The molecule has 0 atom stereocenters. The summed E-state index contributed by atoms with van der Waals surface area (Å²) in [5, 5.41) is 0. The Kier molecular flexibility index (Phi) is 3.79. The summed E-state index contributed by atoms with van der Waals surface area (Å²) in [5.41, 5.74) is 5.23. The molecule has 5 nitrogen and oxygen atoms in total. The second-order valence-corrected chi connectivity index (χ2v) is 9.02. The minimum atomic E-state index is -3.92. The first kappa shape index (κ1) is 17.9. The Balaban J connectivity index is 1.71. The molecule has 0 amide bonds. The summed E-state index contributed by atoms with van der Waals surface area (Å²) in [6, 6.07) is 32.4. The molecule has 0 saturated carbocycles.